The van der Waals surface area contributed by atoms with E-state index in [0.29, 0.717) is 0 Å². The molecular formula is C11H13F3O5. The van der Waals surface area contributed by atoms with Crippen LogP contribution in [-0.2, 0) is 0 Å². The zero-order valence-electron chi connectivity index (χ0n) is 9.63. The standard InChI is InChI=1S/C11H13F3O5/c12-11(13,14)19-9-2-1-6(16)5-7(9)10(18)8(17)3-4-15/h1-2,5,8,10,15-18H,3-4H2. The van der Waals surface area contributed by atoms with Crippen LogP contribution in [0.5, 0.6) is 11.5 Å². The molecule has 0 saturated heterocycles. The van der Waals surface area contributed by atoms with E-state index < -0.39 is 36.5 Å². The van der Waals surface area contributed by atoms with Gasteiger partial charge in [0.15, 0.2) is 0 Å². The molecule has 0 amide bonds. The zero-order chi connectivity index (χ0) is 14.6. The SMILES string of the molecule is OCCC(O)C(O)c1cc(O)ccc1OC(F)(F)F. The van der Waals surface area contributed by atoms with Crippen LogP contribution in [0.1, 0.15) is 18.1 Å². The first-order valence-corrected chi connectivity index (χ1v) is 5.30. The summed E-state index contributed by atoms with van der Waals surface area (Å²) in [7, 11) is 0. The zero-order valence-corrected chi connectivity index (χ0v) is 9.63. The van der Waals surface area contributed by atoms with Gasteiger partial charge < -0.3 is 25.2 Å². The minimum absolute atomic E-state index is 0.234. The first-order valence-electron chi connectivity index (χ1n) is 5.30. The van der Waals surface area contributed by atoms with Crippen LogP contribution in [0.3, 0.4) is 0 Å². The van der Waals surface area contributed by atoms with Gasteiger partial charge in [-0.25, -0.2) is 0 Å². The lowest BCUT2D eigenvalue weighted by Crippen LogP contribution is -2.23. The Kier molecular flexibility index (Phi) is 4.98. The monoisotopic (exact) mass is 282 g/mol. The first-order chi connectivity index (χ1) is 8.74. The molecule has 1 rings (SSSR count). The number of aromatic hydroxyl groups is 1. The van der Waals surface area contributed by atoms with Crippen molar-refractivity contribution in [2.45, 2.75) is 25.0 Å². The third-order valence-corrected chi connectivity index (χ3v) is 2.33. The normalized spacial score (nSPS) is 15.1. The van der Waals surface area contributed by atoms with Gasteiger partial charge in [0.05, 0.1) is 6.10 Å². The number of rotatable bonds is 5. The molecule has 0 aliphatic rings. The molecule has 0 fully saturated rings. The summed E-state index contributed by atoms with van der Waals surface area (Å²) in [6, 6.07) is 2.63. The molecule has 8 heteroatoms. The van der Waals surface area contributed by atoms with E-state index in [1.165, 1.54) is 0 Å². The number of aliphatic hydroxyl groups is 3. The minimum atomic E-state index is -4.96. The first kappa shape index (κ1) is 15.5. The molecule has 19 heavy (non-hydrogen) atoms. The highest BCUT2D eigenvalue weighted by molar-refractivity contribution is 5.41. The summed E-state index contributed by atoms with van der Waals surface area (Å²) in [4.78, 5) is 0. The Hall–Kier alpha value is -1.51. The smallest absolute Gasteiger partial charge is 0.508 e. The Morgan fingerprint density at radius 2 is 1.84 bits per heavy atom. The predicted molar refractivity (Wildman–Crippen MR) is 57.5 cm³/mol. The fourth-order valence-corrected chi connectivity index (χ4v) is 1.48. The highest BCUT2D eigenvalue weighted by Gasteiger charge is 2.33. The maximum atomic E-state index is 12.2. The third-order valence-electron chi connectivity index (χ3n) is 2.33. The summed E-state index contributed by atoms with van der Waals surface area (Å²) in [6.45, 7) is -0.452. The maximum Gasteiger partial charge on any atom is 0.573 e. The van der Waals surface area contributed by atoms with Crippen molar-refractivity contribution in [2.75, 3.05) is 6.61 Å². The molecule has 1 aromatic carbocycles. The second kappa shape index (κ2) is 6.09. The Morgan fingerprint density at radius 1 is 1.21 bits per heavy atom. The molecule has 0 radical (unpaired) electrons. The predicted octanol–water partition coefficient (Wildman–Crippen LogP) is 1.07. The van der Waals surface area contributed by atoms with Gasteiger partial charge in [-0.05, 0) is 24.6 Å². The van der Waals surface area contributed by atoms with Gasteiger partial charge in [0, 0.05) is 12.2 Å². The fraction of sp³-hybridized carbons (Fsp3) is 0.455. The van der Waals surface area contributed by atoms with Crippen LogP contribution >= 0.6 is 0 Å². The molecule has 0 aliphatic carbocycles. The number of phenols is 1. The largest absolute Gasteiger partial charge is 0.573 e. The summed E-state index contributed by atoms with van der Waals surface area (Å²) < 4.78 is 40.2. The molecule has 2 unspecified atom stereocenters. The summed E-state index contributed by atoms with van der Waals surface area (Å²) in [5, 5.41) is 37.0. The lowest BCUT2D eigenvalue weighted by Gasteiger charge is -2.21. The average Bonchev–Trinajstić information content (AvgIpc) is 2.29. The minimum Gasteiger partial charge on any atom is -0.508 e. The number of alkyl halides is 3. The fourth-order valence-electron chi connectivity index (χ4n) is 1.48. The molecule has 5 nitrogen and oxygen atoms in total. The van der Waals surface area contributed by atoms with E-state index in [-0.39, 0.29) is 12.2 Å². The van der Waals surface area contributed by atoms with Crippen LogP contribution in [0, 0.1) is 0 Å². The van der Waals surface area contributed by atoms with Gasteiger partial charge in [0.1, 0.15) is 17.6 Å². The Bertz CT molecular complexity index is 421. The van der Waals surface area contributed by atoms with Crippen molar-refractivity contribution < 1.29 is 38.3 Å². The number of hydrogen-bond donors (Lipinski definition) is 4. The van der Waals surface area contributed by atoms with Gasteiger partial charge in [-0.2, -0.15) is 0 Å². The lowest BCUT2D eigenvalue weighted by molar-refractivity contribution is -0.275. The van der Waals surface area contributed by atoms with Crippen LogP contribution in [0.2, 0.25) is 0 Å². The van der Waals surface area contributed by atoms with Crippen LogP contribution in [0.15, 0.2) is 18.2 Å². The van der Waals surface area contributed by atoms with E-state index in [2.05, 4.69) is 4.74 Å². The topological polar surface area (TPSA) is 90.2 Å². The highest BCUT2D eigenvalue weighted by Crippen LogP contribution is 2.34. The number of aliphatic hydroxyl groups excluding tert-OH is 3. The van der Waals surface area contributed by atoms with E-state index >= 15 is 0 Å². The molecule has 108 valence electrons. The molecule has 4 N–H and O–H groups in total. The summed E-state index contributed by atoms with van der Waals surface area (Å²) in [5.41, 5.74) is -0.418. The van der Waals surface area contributed by atoms with Gasteiger partial charge in [-0.3, -0.25) is 0 Å². The van der Waals surface area contributed by atoms with Crippen molar-refractivity contribution in [2.24, 2.45) is 0 Å². The number of benzene rings is 1. The summed E-state index contributed by atoms with van der Waals surface area (Å²) in [5.74, 6) is -1.12. The molecule has 0 spiro atoms. The lowest BCUT2D eigenvalue weighted by atomic mass is 10.0. The number of phenolic OH excluding ortho intramolecular Hbond substituents is 1. The van der Waals surface area contributed by atoms with Crippen LogP contribution in [0.25, 0.3) is 0 Å². The van der Waals surface area contributed by atoms with E-state index in [4.69, 9.17) is 5.11 Å². The molecule has 1 aromatic rings. The van der Waals surface area contributed by atoms with Crippen LogP contribution < -0.4 is 4.74 Å². The Balaban J connectivity index is 3.06. The van der Waals surface area contributed by atoms with Gasteiger partial charge >= 0.3 is 6.36 Å². The highest BCUT2D eigenvalue weighted by atomic mass is 19.4. The van der Waals surface area contributed by atoms with Crippen molar-refractivity contribution in [3.63, 3.8) is 0 Å². The second-order valence-electron chi connectivity index (χ2n) is 3.79. The molecule has 2 atom stereocenters. The summed E-state index contributed by atoms with van der Waals surface area (Å²) >= 11 is 0. The molecular weight excluding hydrogens is 269 g/mol. The van der Waals surface area contributed by atoms with E-state index in [1.807, 2.05) is 0 Å². The average molecular weight is 282 g/mol. The number of hydrogen-bond acceptors (Lipinski definition) is 5. The van der Waals surface area contributed by atoms with Crippen molar-refractivity contribution in [1.29, 1.82) is 0 Å². The summed E-state index contributed by atoms with van der Waals surface area (Å²) in [6.07, 6.45) is -8.41. The maximum absolute atomic E-state index is 12.2. The Labute approximate surface area is 106 Å². The van der Waals surface area contributed by atoms with Gasteiger partial charge in [-0.15, -0.1) is 13.2 Å². The van der Waals surface area contributed by atoms with Gasteiger partial charge in [0.2, 0.25) is 0 Å². The van der Waals surface area contributed by atoms with Crippen LogP contribution in [-0.4, -0.2) is 39.5 Å². The molecule has 0 heterocycles. The van der Waals surface area contributed by atoms with Crippen molar-refractivity contribution in [1.82, 2.24) is 0 Å². The molecule has 0 aromatic heterocycles. The van der Waals surface area contributed by atoms with Gasteiger partial charge in [-0.1, -0.05) is 0 Å². The molecule has 0 saturated carbocycles. The quantitative estimate of drug-likeness (QED) is 0.648. The van der Waals surface area contributed by atoms with E-state index in [0.717, 1.165) is 18.2 Å². The van der Waals surface area contributed by atoms with Crippen molar-refractivity contribution in [3.8, 4) is 11.5 Å². The van der Waals surface area contributed by atoms with Gasteiger partial charge in [0.25, 0.3) is 0 Å². The number of halogens is 3. The third kappa shape index (κ3) is 4.58. The Morgan fingerprint density at radius 3 is 2.37 bits per heavy atom. The number of ether oxygens (including phenoxy) is 1. The van der Waals surface area contributed by atoms with Crippen LogP contribution in [0.4, 0.5) is 13.2 Å². The molecule has 0 bridgehead atoms. The van der Waals surface area contributed by atoms with Crippen molar-refractivity contribution >= 4 is 0 Å². The molecule has 0 aliphatic heterocycles. The van der Waals surface area contributed by atoms with E-state index in [9.17, 15) is 28.5 Å². The second-order valence-corrected chi connectivity index (χ2v) is 3.79. The van der Waals surface area contributed by atoms with Crippen molar-refractivity contribution in [3.05, 3.63) is 23.8 Å². The van der Waals surface area contributed by atoms with E-state index in [1.54, 1.807) is 0 Å².